The van der Waals surface area contributed by atoms with Crippen LogP contribution in [0.5, 0.6) is 0 Å². The molecule has 1 aromatic carbocycles. The second-order valence-electron chi connectivity index (χ2n) is 4.90. The largest absolute Gasteiger partial charge is 0.466 e. The number of aromatic nitrogens is 2. The molecule has 0 aliphatic rings. The molecule has 0 fully saturated rings. The van der Waals surface area contributed by atoms with Crippen molar-refractivity contribution in [2.45, 2.75) is 20.3 Å². The highest BCUT2D eigenvalue weighted by atomic mass is 35.5. The summed E-state index contributed by atoms with van der Waals surface area (Å²) in [6.07, 6.45) is 0.323. The van der Waals surface area contributed by atoms with Crippen LogP contribution >= 0.6 is 23.2 Å². The highest BCUT2D eigenvalue weighted by molar-refractivity contribution is 6.42. The van der Waals surface area contributed by atoms with Gasteiger partial charge in [-0.3, -0.25) is 4.79 Å². The zero-order valence-corrected chi connectivity index (χ0v) is 13.7. The van der Waals surface area contributed by atoms with Gasteiger partial charge in [0.2, 0.25) is 0 Å². The molecule has 1 heterocycles. The van der Waals surface area contributed by atoms with E-state index in [2.05, 4.69) is 5.10 Å². The van der Waals surface area contributed by atoms with Crippen molar-refractivity contribution in [2.24, 2.45) is 5.92 Å². The second kappa shape index (κ2) is 7.03. The van der Waals surface area contributed by atoms with Crippen LogP contribution in [-0.2, 0) is 16.0 Å². The molecule has 1 atom stereocenters. The number of hydrogen-bond donors (Lipinski definition) is 1. The van der Waals surface area contributed by atoms with Crippen LogP contribution in [0.1, 0.15) is 19.5 Å². The molecule has 2 aromatic rings. The summed E-state index contributed by atoms with van der Waals surface area (Å²) >= 11 is 11.9. The van der Waals surface area contributed by atoms with Crippen molar-refractivity contribution in [3.05, 3.63) is 40.0 Å². The lowest BCUT2D eigenvalue weighted by atomic mass is 10.0. The lowest BCUT2D eigenvalue weighted by Crippen LogP contribution is -2.18. The molecule has 5 nitrogen and oxygen atoms in total. The Bertz CT molecular complexity index is 685. The molecule has 1 unspecified atom stereocenters. The molecule has 0 spiro atoms. The fraction of sp³-hybridized carbons (Fsp3) is 0.333. The molecule has 118 valence electrons. The van der Waals surface area contributed by atoms with Gasteiger partial charge in [0.1, 0.15) is 0 Å². The fourth-order valence-electron chi connectivity index (χ4n) is 2.03. The van der Waals surface area contributed by atoms with E-state index in [-0.39, 0.29) is 11.9 Å². The van der Waals surface area contributed by atoms with Crippen molar-refractivity contribution in [1.29, 1.82) is 0 Å². The van der Waals surface area contributed by atoms with E-state index in [0.29, 0.717) is 34.5 Å². The van der Waals surface area contributed by atoms with Crippen LogP contribution in [0.25, 0.3) is 11.3 Å². The summed E-state index contributed by atoms with van der Waals surface area (Å²) in [7, 11) is 0. The van der Waals surface area contributed by atoms with Gasteiger partial charge < -0.3 is 9.94 Å². The van der Waals surface area contributed by atoms with Crippen LogP contribution in [0.15, 0.2) is 24.3 Å². The number of hydrogen-bond acceptors (Lipinski definition) is 4. The average molecular weight is 343 g/mol. The standard InChI is InChI=1S/C15H16Cl2N2O3/c1-3-22-15(20)9(2)6-11-8-14(18-19(11)21)10-4-5-12(16)13(17)7-10/h4-5,7-9,21H,3,6H2,1-2H3. The minimum absolute atomic E-state index is 0.306. The highest BCUT2D eigenvalue weighted by Crippen LogP contribution is 2.28. The highest BCUT2D eigenvalue weighted by Gasteiger charge is 2.19. The van der Waals surface area contributed by atoms with Gasteiger partial charge in [-0.2, -0.15) is 0 Å². The van der Waals surface area contributed by atoms with Gasteiger partial charge in [0.05, 0.1) is 34.0 Å². The van der Waals surface area contributed by atoms with Crippen LogP contribution in [0.2, 0.25) is 10.0 Å². The Morgan fingerprint density at radius 2 is 2.09 bits per heavy atom. The quantitative estimate of drug-likeness (QED) is 0.662. The summed E-state index contributed by atoms with van der Waals surface area (Å²) in [4.78, 5) is 12.4. The normalized spacial score (nSPS) is 12.2. The Morgan fingerprint density at radius 1 is 1.36 bits per heavy atom. The number of carbonyl (C=O) groups is 1. The van der Waals surface area contributed by atoms with Crippen LogP contribution in [0.3, 0.4) is 0 Å². The van der Waals surface area contributed by atoms with Crippen LogP contribution < -0.4 is 0 Å². The molecule has 0 aliphatic heterocycles. The summed E-state index contributed by atoms with van der Waals surface area (Å²) in [5.74, 6) is -0.677. The number of halogens is 2. The Labute approximate surface area is 138 Å². The predicted octanol–water partition coefficient (Wildman–Crippen LogP) is 3.84. The first kappa shape index (κ1) is 16.6. The molecule has 0 bridgehead atoms. The molecular formula is C15H16Cl2N2O3. The number of benzene rings is 1. The van der Waals surface area contributed by atoms with E-state index in [1.165, 1.54) is 0 Å². The smallest absolute Gasteiger partial charge is 0.309 e. The SMILES string of the molecule is CCOC(=O)C(C)Cc1cc(-c2ccc(Cl)c(Cl)c2)nn1O. The predicted molar refractivity (Wildman–Crippen MR) is 84.4 cm³/mol. The number of nitrogens with zero attached hydrogens (tertiary/aromatic N) is 2. The molecule has 0 saturated carbocycles. The lowest BCUT2D eigenvalue weighted by Gasteiger charge is -2.09. The van der Waals surface area contributed by atoms with Gasteiger partial charge in [-0.1, -0.05) is 36.2 Å². The summed E-state index contributed by atoms with van der Waals surface area (Å²) in [5.41, 5.74) is 1.79. The van der Waals surface area contributed by atoms with Crippen LogP contribution in [0, 0.1) is 5.92 Å². The van der Waals surface area contributed by atoms with Gasteiger partial charge in [0, 0.05) is 12.0 Å². The van der Waals surface area contributed by atoms with E-state index in [0.717, 1.165) is 10.4 Å². The molecule has 0 saturated heterocycles. The molecule has 0 radical (unpaired) electrons. The third-order valence-corrected chi connectivity index (χ3v) is 3.92. The first-order valence-electron chi connectivity index (χ1n) is 6.82. The second-order valence-corrected chi connectivity index (χ2v) is 5.71. The zero-order valence-electron chi connectivity index (χ0n) is 12.2. The molecule has 1 N–H and O–H groups in total. The summed E-state index contributed by atoms with van der Waals surface area (Å²) in [6.45, 7) is 3.82. The topological polar surface area (TPSA) is 64.3 Å². The fourth-order valence-corrected chi connectivity index (χ4v) is 2.33. The van der Waals surface area contributed by atoms with E-state index in [9.17, 15) is 10.0 Å². The maximum Gasteiger partial charge on any atom is 0.309 e. The van der Waals surface area contributed by atoms with Gasteiger partial charge in [0.15, 0.2) is 0 Å². The van der Waals surface area contributed by atoms with Crippen LogP contribution in [0.4, 0.5) is 0 Å². The maximum absolute atomic E-state index is 11.7. The lowest BCUT2D eigenvalue weighted by molar-refractivity contribution is -0.147. The average Bonchev–Trinajstić information content (AvgIpc) is 2.83. The number of ether oxygens (including phenoxy) is 1. The number of rotatable bonds is 5. The van der Waals surface area contributed by atoms with E-state index >= 15 is 0 Å². The van der Waals surface area contributed by atoms with E-state index in [1.54, 1.807) is 38.1 Å². The first-order valence-corrected chi connectivity index (χ1v) is 7.58. The van der Waals surface area contributed by atoms with Crippen molar-refractivity contribution in [2.75, 3.05) is 6.61 Å². The molecular weight excluding hydrogens is 327 g/mol. The van der Waals surface area contributed by atoms with E-state index in [4.69, 9.17) is 27.9 Å². The Hall–Kier alpha value is -1.72. The first-order chi connectivity index (χ1) is 10.4. The zero-order chi connectivity index (χ0) is 16.3. The molecule has 7 heteroatoms. The van der Waals surface area contributed by atoms with Gasteiger partial charge in [0.25, 0.3) is 0 Å². The minimum Gasteiger partial charge on any atom is -0.466 e. The summed E-state index contributed by atoms with van der Waals surface area (Å²) in [5, 5.41) is 14.8. The van der Waals surface area contributed by atoms with Gasteiger partial charge in [-0.15, -0.1) is 9.94 Å². The Kier molecular flexibility index (Phi) is 5.32. The number of esters is 1. The van der Waals surface area contributed by atoms with Gasteiger partial charge >= 0.3 is 5.97 Å². The number of carbonyl (C=O) groups excluding carboxylic acids is 1. The van der Waals surface area contributed by atoms with Crippen molar-refractivity contribution < 1.29 is 14.7 Å². The monoisotopic (exact) mass is 342 g/mol. The summed E-state index contributed by atoms with van der Waals surface area (Å²) < 4.78 is 4.95. The molecule has 0 aliphatic carbocycles. The minimum atomic E-state index is -0.371. The van der Waals surface area contributed by atoms with Crippen molar-refractivity contribution >= 4 is 29.2 Å². The van der Waals surface area contributed by atoms with Gasteiger partial charge in [-0.05, 0) is 25.1 Å². The third-order valence-electron chi connectivity index (χ3n) is 3.18. The molecule has 22 heavy (non-hydrogen) atoms. The molecule has 0 amide bonds. The van der Waals surface area contributed by atoms with E-state index < -0.39 is 0 Å². The van der Waals surface area contributed by atoms with E-state index in [1.807, 2.05) is 0 Å². The molecule has 2 rings (SSSR count). The van der Waals surface area contributed by atoms with Crippen LogP contribution in [-0.4, -0.2) is 27.7 Å². The Morgan fingerprint density at radius 3 is 2.73 bits per heavy atom. The Balaban J connectivity index is 2.20. The third kappa shape index (κ3) is 3.72. The summed E-state index contributed by atoms with van der Waals surface area (Å²) in [6, 6.07) is 6.80. The maximum atomic E-state index is 11.7. The van der Waals surface area contributed by atoms with Gasteiger partial charge in [-0.25, -0.2) is 0 Å². The van der Waals surface area contributed by atoms with Crippen molar-refractivity contribution in [3.63, 3.8) is 0 Å². The molecule has 1 aromatic heterocycles. The van der Waals surface area contributed by atoms with Crippen molar-refractivity contribution in [3.8, 4) is 11.3 Å². The van der Waals surface area contributed by atoms with Crippen molar-refractivity contribution in [1.82, 2.24) is 9.94 Å².